The van der Waals surface area contributed by atoms with Crippen LogP contribution in [0.25, 0.3) is 11.5 Å². The summed E-state index contributed by atoms with van der Waals surface area (Å²) in [5.74, 6) is 1.16. The number of amides is 2. The zero-order chi connectivity index (χ0) is 27.6. The second-order valence-electron chi connectivity index (χ2n) is 9.59. The molecule has 0 saturated carbocycles. The number of halogens is 1. The summed E-state index contributed by atoms with van der Waals surface area (Å²) in [6, 6.07) is 26.9. The molecule has 2 amide bonds. The number of nitrogens with zero attached hydrogens (tertiary/aromatic N) is 4. The van der Waals surface area contributed by atoms with E-state index in [0.29, 0.717) is 31.0 Å². The van der Waals surface area contributed by atoms with Crippen molar-refractivity contribution in [2.75, 3.05) is 11.9 Å². The first-order chi connectivity index (χ1) is 19.6. The lowest BCUT2D eigenvalue weighted by atomic mass is 10.0. The van der Waals surface area contributed by atoms with Gasteiger partial charge in [-0.05, 0) is 67.4 Å². The van der Waals surface area contributed by atoms with E-state index in [4.69, 9.17) is 9.84 Å². The average Bonchev–Trinajstić information content (AvgIpc) is 3.56. The fourth-order valence-electron chi connectivity index (χ4n) is 5.38. The van der Waals surface area contributed by atoms with E-state index < -0.39 is 6.04 Å². The third-order valence-corrected chi connectivity index (χ3v) is 7.18. The summed E-state index contributed by atoms with van der Waals surface area (Å²) >= 11 is 0. The van der Waals surface area contributed by atoms with Gasteiger partial charge in [0.05, 0.1) is 42.0 Å². The monoisotopic (exact) mass is 535 g/mol. The summed E-state index contributed by atoms with van der Waals surface area (Å²) in [6.45, 7) is 4.76. The Labute approximate surface area is 232 Å². The topological polar surface area (TPSA) is 64.3 Å². The molecular weight excluding hydrogens is 505 g/mol. The molecule has 3 heterocycles. The maximum absolute atomic E-state index is 14.2. The number of urea groups is 1. The fraction of sp³-hybridized carbons (Fsp3) is 0.188. The van der Waals surface area contributed by atoms with E-state index in [9.17, 15) is 9.18 Å². The zero-order valence-electron chi connectivity index (χ0n) is 22.4. The Morgan fingerprint density at radius 1 is 0.975 bits per heavy atom. The number of aromatic nitrogens is 3. The lowest BCUT2D eigenvalue weighted by Crippen LogP contribution is -2.38. The molecule has 7 nitrogen and oxygen atoms in total. The van der Waals surface area contributed by atoms with E-state index in [1.807, 2.05) is 84.5 Å². The number of hydrogen-bond donors (Lipinski definition) is 1. The van der Waals surface area contributed by atoms with Gasteiger partial charge in [-0.15, -0.1) is 0 Å². The van der Waals surface area contributed by atoms with Gasteiger partial charge in [0.2, 0.25) is 0 Å². The van der Waals surface area contributed by atoms with E-state index in [1.54, 1.807) is 17.0 Å². The minimum absolute atomic E-state index is 0.295. The fourth-order valence-corrected chi connectivity index (χ4v) is 5.38. The molecule has 0 fully saturated rings. The minimum atomic E-state index is -0.490. The second kappa shape index (κ2) is 10.7. The van der Waals surface area contributed by atoms with E-state index in [-0.39, 0.29) is 11.8 Å². The maximum atomic E-state index is 14.2. The van der Waals surface area contributed by atoms with Gasteiger partial charge >= 0.3 is 6.03 Å². The number of benzene rings is 3. The highest BCUT2D eigenvalue weighted by molar-refractivity contribution is 5.91. The molecule has 3 aromatic carbocycles. The van der Waals surface area contributed by atoms with Gasteiger partial charge in [-0.1, -0.05) is 49.4 Å². The predicted molar refractivity (Wildman–Crippen MR) is 153 cm³/mol. The van der Waals surface area contributed by atoms with Crippen molar-refractivity contribution in [2.45, 2.75) is 32.9 Å². The summed E-state index contributed by atoms with van der Waals surface area (Å²) < 4.78 is 23.8. The van der Waals surface area contributed by atoms with Gasteiger partial charge in [0.25, 0.3) is 0 Å². The van der Waals surface area contributed by atoms with Gasteiger partial charge in [-0.2, -0.15) is 5.10 Å². The first kappa shape index (κ1) is 25.4. The normalized spacial score (nSPS) is 14.3. The molecule has 0 bridgehead atoms. The van der Waals surface area contributed by atoms with E-state index in [1.165, 1.54) is 12.1 Å². The molecule has 6 rings (SSSR count). The number of ether oxygens (including phenoxy) is 1. The van der Waals surface area contributed by atoms with Crippen LogP contribution in [0, 0.1) is 5.82 Å². The van der Waals surface area contributed by atoms with Crippen molar-refractivity contribution in [3.05, 3.63) is 126 Å². The van der Waals surface area contributed by atoms with Crippen LogP contribution in [-0.4, -0.2) is 31.9 Å². The third-order valence-electron chi connectivity index (χ3n) is 7.18. The van der Waals surface area contributed by atoms with Gasteiger partial charge in [-0.3, -0.25) is 0 Å². The Kier molecular flexibility index (Phi) is 6.82. The third kappa shape index (κ3) is 4.51. The van der Waals surface area contributed by atoms with Gasteiger partial charge < -0.3 is 19.5 Å². The van der Waals surface area contributed by atoms with Crippen LogP contribution in [0.15, 0.2) is 97.2 Å². The predicted octanol–water partition coefficient (Wildman–Crippen LogP) is 6.90. The number of rotatable bonds is 6. The summed E-state index contributed by atoms with van der Waals surface area (Å²) in [5.41, 5.74) is 5.06. The molecule has 8 heteroatoms. The second-order valence-corrected chi connectivity index (χ2v) is 9.59. The van der Waals surface area contributed by atoms with E-state index in [2.05, 4.69) is 16.8 Å². The summed E-state index contributed by atoms with van der Waals surface area (Å²) in [6.07, 6.45) is 2.69. The Balaban J connectivity index is 1.53. The number of hydrogen-bond acceptors (Lipinski definition) is 3. The highest BCUT2D eigenvalue weighted by Crippen LogP contribution is 2.39. The molecule has 40 heavy (non-hydrogen) atoms. The number of para-hydroxylation sites is 3. The van der Waals surface area contributed by atoms with Crippen molar-refractivity contribution in [3.8, 4) is 17.3 Å². The van der Waals surface area contributed by atoms with Gasteiger partial charge in [0.15, 0.2) is 0 Å². The van der Waals surface area contributed by atoms with Gasteiger partial charge in [0.1, 0.15) is 17.4 Å². The van der Waals surface area contributed by atoms with Crippen LogP contribution in [-0.2, 0) is 13.0 Å². The SMILES string of the molecule is CCOc1ccccc1NC(=O)N1Cc2c(CC)nn(-c3ccccc3)c2-n2cccc2C1c1ccc(F)cc1. The standard InChI is InChI=1S/C32H30FN5O2/c1-3-26-25-21-37(32(39)34-27-13-8-9-15-29(27)40-4-2)30(22-16-18-23(33)19-17-22)28-14-10-20-36(28)31(25)38(35-26)24-11-6-5-7-12-24/h5-20,30H,3-4,21H2,1-2H3,(H,34,39). The Morgan fingerprint density at radius 2 is 1.73 bits per heavy atom. The number of aryl methyl sites for hydroxylation is 1. The molecule has 0 radical (unpaired) electrons. The average molecular weight is 536 g/mol. The summed E-state index contributed by atoms with van der Waals surface area (Å²) in [5, 5.41) is 8.08. The van der Waals surface area contributed by atoms with E-state index in [0.717, 1.165) is 34.0 Å². The van der Waals surface area contributed by atoms with Crippen LogP contribution in [0.2, 0.25) is 0 Å². The molecule has 1 N–H and O–H groups in total. The van der Waals surface area contributed by atoms with Gasteiger partial charge in [-0.25, -0.2) is 13.9 Å². The number of anilines is 1. The van der Waals surface area contributed by atoms with Crippen molar-refractivity contribution in [1.29, 1.82) is 0 Å². The molecule has 0 spiro atoms. The van der Waals surface area contributed by atoms with Crippen LogP contribution in [0.1, 0.15) is 42.4 Å². The number of carbonyl (C=O) groups excluding carboxylic acids is 1. The molecule has 1 atom stereocenters. The summed E-state index contributed by atoms with van der Waals surface area (Å²) in [7, 11) is 0. The van der Waals surface area contributed by atoms with E-state index >= 15 is 0 Å². The molecule has 1 aliphatic heterocycles. The minimum Gasteiger partial charge on any atom is -0.492 e. The smallest absolute Gasteiger partial charge is 0.323 e. The molecular formula is C32H30FN5O2. The Bertz CT molecular complexity index is 1640. The van der Waals surface area contributed by atoms with Crippen LogP contribution in [0.4, 0.5) is 14.9 Å². The number of carbonyl (C=O) groups is 1. The quantitative estimate of drug-likeness (QED) is 0.257. The highest BCUT2D eigenvalue weighted by Gasteiger charge is 2.36. The molecule has 0 saturated heterocycles. The zero-order valence-corrected chi connectivity index (χ0v) is 22.4. The molecule has 5 aromatic rings. The maximum Gasteiger partial charge on any atom is 0.323 e. The first-order valence-electron chi connectivity index (χ1n) is 13.5. The molecule has 0 aliphatic carbocycles. The van der Waals surface area contributed by atoms with Crippen molar-refractivity contribution in [3.63, 3.8) is 0 Å². The van der Waals surface area contributed by atoms with Crippen LogP contribution in [0.3, 0.4) is 0 Å². The van der Waals surface area contributed by atoms with Crippen molar-refractivity contribution >= 4 is 11.7 Å². The molecule has 2 aromatic heterocycles. The first-order valence-corrected chi connectivity index (χ1v) is 13.5. The van der Waals surface area contributed by atoms with Crippen LogP contribution >= 0.6 is 0 Å². The lowest BCUT2D eigenvalue weighted by Gasteiger charge is -2.31. The molecule has 1 unspecified atom stereocenters. The van der Waals surface area contributed by atoms with Crippen molar-refractivity contribution in [1.82, 2.24) is 19.2 Å². The molecule has 1 aliphatic rings. The van der Waals surface area contributed by atoms with Crippen LogP contribution < -0.4 is 10.1 Å². The van der Waals surface area contributed by atoms with Crippen LogP contribution in [0.5, 0.6) is 5.75 Å². The van der Waals surface area contributed by atoms with Crippen molar-refractivity contribution < 1.29 is 13.9 Å². The lowest BCUT2D eigenvalue weighted by molar-refractivity contribution is 0.194. The van der Waals surface area contributed by atoms with Gasteiger partial charge in [0, 0.05) is 11.8 Å². The molecule has 202 valence electrons. The largest absolute Gasteiger partial charge is 0.492 e. The Hall–Kier alpha value is -4.85. The number of nitrogens with one attached hydrogen (secondary N) is 1. The van der Waals surface area contributed by atoms with Crippen molar-refractivity contribution in [2.24, 2.45) is 0 Å². The number of fused-ring (bicyclic) bond motifs is 3. The summed E-state index contributed by atoms with van der Waals surface area (Å²) in [4.78, 5) is 16.0. The Morgan fingerprint density at radius 3 is 2.48 bits per heavy atom. The highest BCUT2D eigenvalue weighted by atomic mass is 19.1.